The molecule has 13 heavy (non-hydrogen) atoms. The lowest BCUT2D eigenvalue weighted by Crippen LogP contribution is -2.20. The molecular formula is C10H11NO2. The maximum absolute atomic E-state index is 11.7. The second-order valence-electron chi connectivity index (χ2n) is 3.48. The number of hydrogen-bond acceptors (Lipinski definition) is 3. The zero-order valence-electron chi connectivity index (χ0n) is 7.23. The third kappa shape index (κ3) is 1.35. The molecule has 1 N–H and O–H groups in total. The summed E-state index contributed by atoms with van der Waals surface area (Å²) >= 11 is 0. The lowest BCUT2D eigenvalue weighted by molar-refractivity contribution is 0.0824. The maximum Gasteiger partial charge on any atom is 0.189 e. The first-order valence-corrected chi connectivity index (χ1v) is 4.35. The highest BCUT2D eigenvalue weighted by atomic mass is 16.3. The van der Waals surface area contributed by atoms with Crippen molar-refractivity contribution in [3.05, 3.63) is 30.1 Å². The predicted octanol–water partition coefficient (Wildman–Crippen LogP) is 1.04. The normalized spacial score (nSPS) is 18.2. The Kier molecular flexibility index (Phi) is 1.88. The van der Waals surface area contributed by atoms with E-state index in [0.29, 0.717) is 5.69 Å². The first kappa shape index (κ1) is 8.38. The molecule has 0 saturated heterocycles. The number of carbonyl (C=O) groups excluding carboxylic acids is 1. The zero-order valence-corrected chi connectivity index (χ0v) is 7.23. The van der Waals surface area contributed by atoms with Crippen LogP contribution in [0.5, 0.6) is 0 Å². The zero-order chi connectivity index (χ0) is 9.31. The van der Waals surface area contributed by atoms with Gasteiger partial charge in [0.2, 0.25) is 0 Å². The van der Waals surface area contributed by atoms with Crippen LogP contribution in [0.2, 0.25) is 0 Å². The van der Waals surface area contributed by atoms with Gasteiger partial charge < -0.3 is 5.11 Å². The lowest BCUT2D eigenvalue weighted by Gasteiger charge is -2.08. The summed E-state index contributed by atoms with van der Waals surface area (Å²) in [4.78, 5) is 15.7. The van der Waals surface area contributed by atoms with E-state index in [1.807, 2.05) is 0 Å². The molecule has 3 nitrogen and oxygen atoms in total. The number of rotatable bonds is 3. The Bertz CT molecular complexity index is 317. The van der Waals surface area contributed by atoms with Crippen LogP contribution in [0.4, 0.5) is 0 Å². The fourth-order valence-electron chi connectivity index (χ4n) is 1.38. The van der Waals surface area contributed by atoms with Crippen molar-refractivity contribution in [2.45, 2.75) is 12.8 Å². The van der Waals surface area contributed by atoms with Gasteiger partial charge in [-0.2, -0.15) is 0 Å². The molecule has 1 aromatic rings. The van der Waals surface area contributed by atoms with Crippen LogP contribution in [0.3, 0.4) is 0 Å². The molecule has 1 aromatic heterocycles. The summed E-state index contributed by atoms with van der Waals surface area (Å²) in [6.45, 7) is -0.0532. The Morgan fingerprint density at radius 3 is 2.77 bits per heavy atom. The highest BCUT2D eigenvalue weighted by Gasteiger charge is 2.49. The maximum atomic E-state index is 11.7. The third-order valence-electron chi connectivity index (χ3n) is 2.54. The highest BCUT2D eigenvalue weighted by Crippen LogP contribution is 2.47. The van der Waals surface area contributed by atoms with Crippen LogP contribution in [-0.4, -0.2) is 22.5 Å². The van der Waals surface area contributed by atoms with Gasteiger partial charge in [0.25, 0.3) is 0 Å². The number of aliphatic hydroxyl groups excluding tert-OH is 1. The second kappa shape index (κ2) is 2.92. The van der Waals surface area contributed by atoms with Crippen LogP contribution in [0.1, 0.15) is 23.3 Å². The Balaban J connectivity index is 2.24. The van der Waals surface area contributed by atoms with Gasteiger partial charge in [-0.05, 0) is 25.0 Å². The van der Waals surface area contributed by atoms with Gasteiger partial charge in [-0.3, -0.25) is 9.78 Å². The van der Waals surface area contributed by atoms with Gasteiger partial charge in [-0.1, -0.05) is 6.07 Å². The first-order valence-electron chi connectivity index (χ1n) is 4.35. The number of Topliss-reactive ketones (excluding diaryl/α,β-unsaturated/α-hetero) is 1. The number of aliphatic hydroxyl groups is 1. The molecule has 0 bridgehead atoms. The number of ketones is 1. The number of carbonyl (C=O) groups is 1. The highest BCUT2D eigenvalue weighted by molar-refractivity contribution is 6.00. The van der Waals surface area contributed by atoms with Gasteiger partial charge in [0.15, 0.2) is 5.78 Å². The Labute approximate surface area is 76.4 Å². The van der Waals surface area contributed by atoms with Gasteiger partial charge in [0.1, 0.15) is 5.69 Å². The number of nitrogens with zero attached hydrogens (tertiary/aromatic N) is 1. The summed E-state index contributed by atoms with van der Waals surface area (Å²) in [6.07, 6.45) is 3.18. The van der Waals surface area contributed by atoms with Crippen LogP contribution < -0.4 is 0 Å². The van der Waals surface area contributed by atoms with E-state index in [1.165, 1.54) is 0 Å². The fraction of sp³-hybridized carbons (Fsp3) is 0.400. The SMILES string of the molecule is O=C(c1ccccn1)C1(CO)CC1. The van der Waals surface area contributed by atoms with Crippen molar-refractivity contribution in [2.75, 3.05) is 6.61 Å². The standard InChI is InChI=1S/C10H11NO2/c12-7-10(4-5-10)9(13)8-3-1-2-6-11-8/h1-3,6,12H,4-5,7H2. The monoisotopic (exact) mass is 177 g/mol. The van der Waals surface area contributed by atoms with E-state index >= 15 is 0 Å². The predicted molar refractivity (Wildman–Crippen MR) is 47.3 cm³/mol. The Hall–Kier alpha value is -1.22. The van der Waals surface area contributed by atoms with Crippen molar-refractivity contribution in [2.24, 2.45) is 5.41 Å². The van der Waals surface area contributed by atoms with Crippen molar-refractivity contribution in [3.63, 3.8) is 0 Å². The molecule has 0 unspecified atom stereocenters. The molecule has 2 rings (SSSR count). The number of hydrogen-bond donors (Lipinski definition) is 1. The first-order chi connectivity index (χ1) is 6.28. The van der Waals surface area contributed by atoms with E-state index in [4.69, 9.17) is 5.11 Å². The minimum absolute atomic E-state index is 0.0180. The van der Waals surface area contributed by atoms with Gasteiger partial charge in [-0.15, -0.1) is 0 Å². The van der Waals surface area contributed by atoms with Crippen LogP contribution >= 0.6 is 0 Å². The molecule has 0 radical (unpaired) electrons. The third-order valence-corrected chi connectivity index (χ3v) is 2.54. The topological polar surface area (TPSA) is 50.2 Å². The molecular weight excluding hydrogens is 166 g/mol. The minimum atomic E-state index is -0.492. The summed E-state index contributed by atoms with van der Waals surface area (Å²) < 4.78 is 0. The van der Waals surface area contributed by atoms with E-state index in [-0.39, 0.29) is 12.4 Å². The van der Waals surface area contributed by atoms with Crippen molar-refractivity contribution < 1.29 is 9.90 Å². The molecule has 1 aliphatic carbocycles. The molecule has 0 aromatic carbocycles. The number of aromatic nitrogens is 1. The second-order valence-corrected chi connectivity index (χ2v) is 3.48. The average Bonchev–Trinajstić information content (AvgIpc) is 2.99. The van der Waals surface area contributed by atoms with E-state index in [2.05, 4.69) is 4.98 Å². The molecule has 1 aliphatic rings. The largest absolute Gasteiger partial charge is 0.395 e. The average molecular weight is 177 g/mol. The van der Waals surface area contributed by atoms with E-state index in [0.717, 1.165) is 12.8 Å². The van der Waals surface area contributed by atoms with Gasteiger partial charge in [0.05, 0.1) is 12.0 Å². The smallest absolute Gasteiger partial charge is 0.189 e. The molecule has 0 atom stereocenters. The summed E-state index contributed by atoms with van der Waals surface area (Å²) in [5, 5.41) is 9.04. The van der Waals surface area contributed by atoms with Gasteiger partial charge in [0, 0.05) is 6.20 Å². The number of pyridine rings is 1. The van der Waals surface area contributed by atoms with Crippen LogP contribution in [0, 0.1) is 5.41 Å². The van der Waals surface area contributed by atoms with E-state index < -0.39 is 5.41 Å². The quantitative estimate of drug-likeness (QED) is 0.702. The van der Waals surface area contributed by atoms with Gasteiger partial charge >= 0.3 is 0 Å². The van der Waals surface area contributed by atoms with E-state index in [9.17, 15) is 4.79 Å². The summed E-state index contributed by atoms with van der Waals surface area (Å²) in [7, 11) is 0. The molecule has 1 fully saturated rings. The molecule has 0 spiro atoms. The fourth-order valence-corrected chi connectivity index (χ4v) is 1.38. The van der Waals surface area contributed by atoms with Crippen molar-refractivity contribution >= 4 is 5.78 Å². The summed E-state index contributed by atoms with van der Waals surface area (Å²) in [5.74, 6) is -0.0180. The molecule has 1 heterocycles. The molecule has 0 amide bonds. The molecule has 3 heteroatoms. The van der Waals surface area contributed by atoms with Crippen molar-refractivity contribution in [1.29, 1.82) is 0 Å². The van der Waals surface area contributed by atoms with Crippen LogP contribution in [0.25, 0.3) is 0 Å². The Morgan fingerprint density at radius 1 is 1.54 bits per heavy atom. The molecule has 0 aliphatic heterocycles. The Morgan fingerprint density at radius 2 is 2.31 bits per heavy atom. The lowest BCUT2D eigenvalue weighted by atomic mass is 9.99. The van der Waals surface area contributed by atoms with Crippen molar-refractivity contribution in [3.8, 4) is 0 Å². The molecule has 68 valence electrons. The minimum Gasteiger partial charge on any atom is -0.395 e. The van der Waals surface area contributed by atoms with Crippen molar-refractivity contribution in [1.82, 2.24) is 4.98 Å². The van der Waals surface area contributed by atoms with Crippen LogP contribution in [0.15, 0.2) is 24.4 Å². The van der Waals surface area contributed by atoms with E-state index in [1.54, 1.807) is 24.4 Å². The summed E-state index contributed by atoms with van der Waals surface area (Å²) in [5.41, 5.74) is -0.0250. The van der Waals surface area contributed by atoms with Crippen LogP contribution in [-0.2, 0) is 0 Å². The molecule has 1 saturated carbocycles. The summed E-state index contributed by atoms with van der Waals surface area (Å²) in [6, 6.07) is 5.25. The van der Waals surface area contributed by atoms with Gasteiger partial charge in [-0.25, -0.2) is 0 Å².